The molecule has 1 fully saturated rings. The number of thiophene rings is 1. The van der Waals surface area contributed by atoms with E-state index in [1.807, 2.05) is 17.0 Å². The Morgan fingerprint density at radius 3 is 2.69 bits per heavy atom. The van der Waals surface area contributed by atoms with E-state index in [1.165, 1.54) is 5.56 Å². The van der Waals surface area contributed by atoms with E-state index in [1.54, 1.807) is 23.1 Å². The van der Waals surface area contributed by atoms with Crippen molar-refractivity contribution in [3.63, 3.8) is 0 Å². The molecule has 1 amide bonds. The standard InChI is InChI=1S/C21H24N4O2S2/c26-19(24-10-12-27-13-11-24)9-5-15-29-21-23-22-20(18-8-4-14-28-18)25(21)16-17-6-2-1-3-7-17/h1-4,6-8,14H,5,9-13,15-16H2. The molecular formula is C21H24N4O2S2. The first kappa shape index (κ1) is 20.1. The first-order valence-corrected chi connectivity index (χ1v) is 11.7. The molecule has 0 bridgehead atoms. The lowest BCUT2D eigenvalue weighted by Gasteiger charge is -2.26. The molecule has 0 N–H and O–H groups in total. The molecule has 6 nitrogen and oxygen atoms in total. The minimum absolute atomic E-state index is 0.221. The van der Waals surface area contributed by atoms with Gasteiger partial charge in [-0.2, -0.15) is 0 Å². The molecule has 0 unspecified atom stereocenters. The number of carbonyl (C=O) groups excluding carboxylic acids is 1. The van der Waals surface area contributed by atoms with Gasteiger partial charge in [0, 0.05) is 25.3 Å². The summed E-state index contributed by atoms with van der Waals surface area (Å²) < 4.78 is 7.49. The summed E-state index contributed by atoms with van der Waals surface area (Å²) in [5.41, 5.74) is 1.22. The Balaban J connectivity index is 1.39. The first-order valence-electron chi connectivity index (χ1n) is 9.80. The van der Waals surface area contributed by atoms with Crippen molar-refractivity contribution in [2.45, 2.75) is 24.5 Å². The van der Waals surface area contributed by atoms with Crippen LogP contribution in [0.2, 0.25) is 0 Å². The SMILES string of the molecule is O=C(CCCSc1nnc(-c2cccs2)n1Cc1ccccc1)N1CCOCC1. The lowest BCUT2D eigenvalue weighted by atomic mass is 10.2. The van der Waals surface area contributed by atoms with Crippen LogP contribution in [0.25, 0.3) is 10.7 Å². The number of benzene rings is 1. The maximum absolute atomic E-state index is 12.3. The van der Waals surface area contributed by atoms with Crippen LogP contribution < -0.4 is 0 Å². The molecule has 0 spiro atoms. The van der Waals surface area contributed by atoms with Crippen LogP contribution in [0, 0.1) is 0 Å². The van der Waals surface area contributed by atoms with Crippen molar-refractivity contribution in [3.05, 3.63) is 53.4 Å². The van der Waals surface area contributed by atoms with Gasteiger partial charge in [-0.25, -0.2) is 0 Å². The fourth-order valence-electron chi connectivity index (χ4n) is 3.25. The van der Waals surface area contributed by atoms with E-state index in [4.69, 9.17) is 4.74 Å². The number of ether oxygens (including phenoxy) is 1. The zero-order chi connectivity index (χ0) is 19.9. The highest BCUT2D eigenvalue weighted by molar-refractivity contribution is 7.99. The summed E-state index contributed by atoms with van der Waals surface area (Å²) in [5.74, 6) is 1.96. The van der Waals surface area contributed by atoms with Crippen LogP contribution >= 0.6 is 23.1 Å². The van der Waals surface area contributed by atoms with E-state index in [0.29, 0.717) is 32.7 Å². The average molecular weight is 429 g/mol. The number of amides is 1. The topological polar surface area (TPSA) is 60.2 Å². The van der Waals surface area contributed by atoms with Gasteiger partial charge in [-0.15, -0.1) is 21.5 Å². The third kappa shape index (κ3) is 5.26. The second kappa shape index (κ2) is 10.0. The van der Waals surface area contributed by atoms with E-state index in [0.717, 1.165) is 34.6 Å². The molecule has 29 heavy (non-hydrogen) atoms. The zero-order valence-corrected chi connectivity index (χ0v) is 17.8. The Bertz CT molecular complexity index is 906. The monoisotopic (exact) mass is 428 g/mol. The van der Waals surface area contributed by atoms with Gasteiger partial charge in [0.25, 0.3) is 0 Å². The number of morpholine rings is 1. The lowest BCUT2D eigenvalue weighted by Crippen LogP contribution is -2.40. The van der Waals surface area contributed by atoms with Crippen LogP contribution in [0.4, 0.5) is 0 Å². The predicted molar refractivity (Wildman–Crippen MR) is 116 cm³/mol. The first-order chi connectivity index (χ1) is 14.3. The number of nitrogens with zero attached hydrogens (tertiary/aromatic N) is 4. The molecule has 0 saturated carbocycles. The summed E-state index contributed by atoms with van der Waals surface area (Å²) in [6.45, 7) is 3.45. The highest BCUT2D eigenvalue weighted by Crippen LogP contribution is 2.28. The van der Waals surface area contributed by atoms with Crippen LogP contribution in [-0.4, -0.2) is 57.6 Å². The van der Waals surface area contributed by atoms with Gasteiger partial charge < -0.3 is 9.64 Å². The van der Waals surface area contributed by atoms with E-state index >= 15 is 0 Å². The van der Waals surface area contributed by atoms with Gasteiger partial charge in [-0.3, -0.25) is 9.36 Å². The minimum atomic E-state index is 0.221. The van der Waals surface area contributed by atoms with Gasteiger partial charge >= 0.3 is 0 Å². The Morgan fingerprint density at radius 2 is 1.93 bits per heavy atom. The summed E-state index contributed by atoms with van der Waals surface area (Å²) in [6.07, 6.45) is 1.39. The summed E-state index contributed by atoms with van der Waals surface area (Å²) in [4.78, 5) is 15.3. The van der Waals surface area contributed by atoms with Gasteiger partial charge in [-0.1, -0.05) is 48.2 Å². The minimum Gasteiger partial charge on any atom is -0.378 e. The summed E-state index contributed by atoms with van der Waals surface area (Å²) in [7, 11) is 0. The van der Waals surface area contributed by atoms with Crippen LogP contribution in [0.3, 0.4) is 0 Å². The number of thioether (sulfide) groups is 1. The van der Waals surface area contributed by atoms with Crippen LogP contribution in [0.15, 0.2) is 53.0 Å². The summed E-state index contributed by atoms with van der Waals surface area (Å²) in [6, 6.07) is 14.5. The van der Waals surface area contributed by atoms with Gasteiger partial charge in [0.15, 0.2) is 11.0 Å². The predicted octanol–water partition coefficient (Wildman–Crippen LogP) is 3.79. The second-order valence-corrected chi connectivity index (χ2v) is 8.81. The number of aromatic nitrogens is 3. The third-order valence-corrected chi connectivity index (χ3v) is 6.69. The maximum atomic E-state index is 12.3. The number of hydrogen-bond donors (Lipinski definition) is 0. The number of rotatable bonds is 8. The molecule has 1 aromatic carbocycles. The number of hydrogen-bond acceptors (Lipinski definition) is 6. The molecular weight excluding hydrogens is 404 g/mol. The summed E-state index contributed by atoms with van der Waals surface area (Å²) in [5, 5.41) is 11.9. The Kier molecular flexibility index (Phi) is 6.97. The molecule has 3 aromatic rings. The third-order valence-electron chi connectivity index (χ3n) is 4.77. The Labute approximate surface area is 178 Å². The molecule has 2 aromatic heterocycles. The smallest absolute Gasteiger partial charge is 0.222 e. The van der Waals surface area contributed by atoms with Gasteiger partial charge in [0.1, 0.15) is 0 Å². The molecule has 0 aliphatic carbocycles. The van der Waals surface area contributed by atoms with Crippen molar-refractivity contribution in [2.75, 3.05) is 32.1 Å². The quantitative estimate of drug-likeness (QED) is 0.404. The van der Waals surface area contributed by atoms with Crippen LogP contribution in [0.5, 0.6) is 0 Å². The summed E-state index contributed by atoms with van der Waals surface area (Å²) >= 11 is 3.34. The second-order valence-electron chi connectivity index (χ2n) is 6.80. The van der Waals surface area contributed by atoms with Gasteiger partial charge in [-0.05, 0) is 23.4 Å². The number of carbonyl (C=O) groups is 1. The van der Waals surface area contributed by atoms with Crippen molar-refractivity contribution in [3.8, 4) is 10.7 Å². The molecule has 1 aliphatic heterocycles. The fourth-order valence-corrected chi connectivity index (χ4v) is 4.84. The van der Waals surface area contributed by atoms with E-state index in [2.05, 4.69) is 50.5 Å². The molecule has 4 rings (SSSR count). The molecule has 8 heteroatoms. The molecule has 0 atom stereocenters. The van der Waals surface area contributed by atoms with Crippen molar-refractivity contribution >= 4 is 29.0 Å². The highest BCUT2D eigenvalue weighted by Gasteiger charge is 2.18. The van der Waals surface area contributed by atoms with Crippen molar-refractivity contribution in [1.29, 1.82) is 0 Å². The molecule has 0 radical (unpaired) electrons. The van der Waals surface area contributed by atoms with E-state index in [9.17, 15) is 4.79 Å². The Hall–Kier alpha value is -2.16. The van der Waals surface area contributed by atoms with E-state index < -0.39 is 0 Å². The molecule has 152 valence electrons. The van der Waals surface area contributed by atoms with Crippen molar-refractivity contribution in [1.82, 2.24) is 19.7 Å². The van der Waals surface area contributed by atoms with Gasteiger partial charge in [0.2, 0.25) is 5.91 Å². The Morgan fingerprint density at radius 1 is 1.10 bits per heavy atom. The molecule has 3 heterocycles. The zero-order valence-electron chi connectivity index (χ0n) is 16.2. The normalized spacial score (nSPS) is 14.3. The molecule has 1 aliphatic rings. The van der Waals surface area contributed by atoms with Crippen LogP contribution in [-0.2, 0) is 16.1 Å². The average Bonchev–Trinajstić information content (AvgIpc) is 3.43. The van der Waals surface area contributed by atoms with Crippen molar-refractivity contribution in [2.24, 2.45) is 0 Å². The lowest BCUT2D eigenvalue weighted by molar-refractivity contribution is -0.135. The van der Waals surface area contributed by atoms with Gasteiger partial charge in [0.05, 0.1) is 24.6 Å². The maximum Gasteiger partial charge on any atom is 0.222 e. The van der Waals surface area contributed by atoms with E-state index in [-0.39, 0.29) is 5.91 Å². The fraction of sp³-hybridized carbons (Fsp3) is 0.381. The highest BCUT2D eigenvalue weighted by atomic mass is 32.2. The largest absolute Gasteiger partial charge is 0.378 e. The molecule has 1 saturated heterocycles. The van der Waals surface area contributed by atoms with Crippen molar-refractivity contribution < 1.29 is 9.53 Å². The van der Waals surface area contributed by atoms with Crippen LogP contribution in [0.1, 0.15) is 18.4 Å².